The molecule has 0 saturated carbocycles. The van der Waals surface area contributed by atoms with Crippen LogP contribution in [0.25, 0.3) is 11.1 Å². The van der Waals surface area contributed by atoms with E-state index in [2.05, 4.69) is 52.1 Å². The lowest BCUT2D eigenvalue weighted by molar-refractivity contribution is 0.00864. The number of nitrogens with zero attached hydrogens (tertiary/aromatic N) is 4. The molecule has 0 bridgehead atoms. The minimum Gasteiger partial charge on any atom is -0.488 e. The van der Waals surface area contributed by atoms with Crippen molar-refractivity contribution in [1.82, 2.24) is 20.0 Å². The van der Waals surface area contributed by atoms with Gasteiger partial charge in [-0.05, 0) is 30.0 Å². The van der Waals surface area contributed by atoms with Crippen LogP contribution in [0.15, 0.2) is 52.1 Å². The summed E-state index contributed by atoms with van der Waals surface area (Å²) in [5, 5.41) is 5.03. The number of aromatic nitrogens is 3. The first-order valence-corrected chi connectivity index (χ1v) is 10.6. The summed E-state index contributed by atoms with van der Waals surface area (Å²) >= 11 is 1.65. The largest absolute Gasteiger partial charge is 0.488 e. The third kappa shape index (κ3) is 4.36. The van der Waals surface area contributed by atoms with E-state index >= 15 is 0 Å². The molecule has 7 heteroatoms. The van der Waals surface area contributed by atoms with E-state index in [-0.39, 0.29) is 12.0 Å². The number of ether oxygens (including phenoxy) is 1. The predicted octanol–water partition coefficient (Wildman–Crippen LogP) is 4.24. The number of rotatable bonds is 7. The lowest BCUT2D eigenvalue weighted by atomic mass is 10.1. The van der Waals surface area contributed by atoms with Crippen LogP contribution in [0.1, 0.15) is 31.5 Å². The van der Waals surface area contributed by atoms with Crippen molar-refractivity contribution in [2.75, 3.05) is 19.3 Å². The van der Waals surface area contributed by atoms with Gasteiger partial charge in [0.15, 0.2) is 5.82 Å². The molecule has 0 radical (unpaired) electrons. The number of hydrogen-bond acceptors (Lipinski definition) is 7. The average Bonchev–Trinajstić information content (AvgIpc) is 3.16. The normalized spacial score (nSPS) is 15.0. The fourth-order valence-corrected chi connectivity index (χ4v) is 3.44. The van der Waals surface area contributed by atoms with Gasteiger partial charge in [0.1, 0.15) is 11.9 Å². The van der Waals surface area contributed by atoms with E-state index in [4.69, 9.17) is 9.26 Å². The van der Waals surface area contributed by atoms with Crippen molar-refractivity contribution >= 4 is 11.8 Å². The fourth-order valence-electron chi connectivity index (χ4n) is 3.07. The number of pyridine rings is 1. The molecule has 146 valence electrons. The average molecular weight is 397 g/mol. The molecular formula is C21H24N4O2S. The van der Waals surface area contributed by atoms with E-state index in [0.717, 1.165) is 40.8 Å². The van der Waals surface area contributed by atoms with Crippen molar-refractivity contribution in [3.63, 3.8) is 0 Å². The molecule has 1 saturated heterocycles. The van der Waals surface area contributed by atoms with Gasteiger partial charge in [0, 0.05) is 30.8 Å². The molecule has 1 fully saturated rings. The monoisotopic (exact) mass is 396 g/mol. The van der Waals surface area contributed by atoms with Crippen LogP contribution in [-0.2, 0) is 6.54 Å². The molecule has 0 unspecified atom stereocenters. The van der Waals surface area contributed by atoms with Crippen LogP contribution >= 0.6 is 11.8 Å². The molecule has 28 heavy (non-hydrogen) atoms. The maximum absolute atomic E-state index is 6.06. The summed E-state index contributed by atoms with van der Waals surface area (Å²) in [6.45, 7) is 6.52. The topological polar surface area (TPSA) is 64.3 Å². The highest BCUT2D eigenvalue weighted by Gasteiger charge is 2.30. The van der Waals surface area contributed by atoms with Crippen LogP contribution in [0, 0.1) is 0 Å². The fraction of sp³-hybridized carbons (Fsp3) is 0.381. The predicted molar refractivity (Wildman–Crippen MR) is 110 cm³/mol. The number of likely N-dealkylation sites (tertiary alicyclic amines) is 1. The third-order valence-electron chi connectivity index (χ3n) is 4.72. The first-order chi connectivity index (χ1) is 13.6. The standard InChI is InChI=1S/C21H24N4O2S/c1-14(2)21-23-19(27-24-21)13-25-11-18(12-25)26-17-7-4-15(5-8-17)16-6-9-20(28-3)22-10-16/h4-10,14,18H,11-13H2,1-3H3. The lowest BCUT2D eigenvalue weighted by Gasteiger charge is -2.38. The molecule has 2 aromatic heterocycles. The Balaban J connectivity index is 1.27. The van der Waals surface area contributed by atoms with Gasteiger partial charge in [0.25, 0.3) is 0 Å². The van der Waals surface area contributed by atoms with Crippen molar-refractivity contribution < 1.29 is 9.26 Å². The molecule has 1 aromatic carbocycles. The first-order valence-electron chi connectivity index (χ1n) is 9.42. The summed E-state index contributed by atoms with van der Waals surface area (Å²) in [4.78, 5) is 11.1. The molecule has 1 aliphatic rings. The van der Waals surface area contributed by atoms with Gasteiger partial charge < -0.3 is 9.26 Å². The van der Waals surface area contributed by atoms with Crippen LogP contribution in [0.2, 0.25) is 0 Å². The van der Waals surface area contributed by atoms with E-state index < -0.39 is 0 Å². The number of thioether (sulfide) groups is 1. The van der Waals surface area contributed by atoms with E-state index in [1.54, 1.807) is 11.8 Å². The van der Waals surface area contributed by atoms with E-state index in [1.165, 1.54) is 0 Å². The molecule has 3 aromatic rings. The van der Waals surface area contributed by atoms with Crippen LogP contribution in [-0.4, -0.2) is 45.5 Å². The van der Waals surface area contributed by atoms with Crippen molar-refractivity contribution in [2.24, 2.45) is 0 Å². The molecule has 6 nitrogen and oxygen atoms in total. The summed E-state index contributed by atoms with van der Waals surface area (Å²) in [6.07, 6.45) is 4.13. The lowest BCUT2D eigenvalue weighted by Crippen LogP contribution is -2.53. The van der Waals surface area contributed by atoms with Gasteiger partial charge >= 0.3 is 0 Å². The molecule has 0 amide bonds. The highest BCUT2D eigenvalue weighted by molar-refractivity contribution is 7.98. The van der Waals surface area contributed by atoms with E-state index in [0.29, 0.717) is 12.4 Å². The summed E-state index contributed by atoms with van der Waals surface area (Å²) in [7, 11) is 0. The van der Waals surface area contributed by atoms with Gasteiger partial charge in [-0.1, -0.05) is 37.2 Å². The SMILES string of the molecule is CSc1ccc(-c2ccc(OC3CN(Cc4nc(C(C)C)no4)C3)cc2)cn1. The maximum Gasteiger partial charge on any atom is 0.240 e. The van der Waals surface area contributed by atoms with Gasteiger partial charge in [-0.3, -0.25) is 4.90 Å². The molecule has 0 atom stereocenters. The Morgan fingerprint density at radius 2 is 1.89 bits per heavy atom. The molecule has 0 spiro atoms. The van der Waals surface area contributed by atoms with Crippen molar-refractivity contribution in [3.8, 4) is 16.9 Å². The molecule has 3 heterocycles. The molecular weight excluding hydrogens is 372 g/mol. The second kappa shape index (κ2) is 8.32. The highest BCUT2D eigenvalue weighted by Crippen LogP contribution is 2.25. The Morgan fingerprint density at radius 1 is 1.14 bits per heavy atom. The summed E-state index contributed by atoms with van der Waals surface area (Å²) in [6, 6.07) is 12.3. The zero-order valence-corrected chi connectivity index (χ0v) is 17.1. The van der Waals surface area contributed by atoms with Gasteiger partial charge in [-0.15, -0.1) is 11.8 Å². The van der Waals surface area contributed by atoms with E-state index in [9.17, 15) is 0 Å². The third-order valence-corrected chi connectivity index (χ3v) is 5.38. The Hall–Kier alpha value is -2.38. The first kappa shape index (κ1) is 19.0. The van der Waals surface area contributed by atoms with Gasteiger partial charge in [0.05, 0.1) is 11.6 Å². The molecule has 0 N–H and O–H groups in total. The smallest absolute Gasteiger partial charge is 0.240 e. The van der Waals surface area contributed by atoms with Crippen LogP contribution < -0.4 is 4.74 Å². The number of benzene rings is 1. The minimum absolute atomic E-state index is 0.195. The summed E-state index contributed by atoms with van der Waals surface area (Å²) in [5.41, 5.74) is 2.25. The Kier molecular flexibility index (Phi) is 5.64. The zero-order chi connectivity index (χ0) is 19.5. The minimum atomic E-state index is 0.195. The van der Waals surface area contributed by atoms with Crippen LogP contribution in [0.3, 0.4) is 0 Å². The quantitative estimate of drug-likeness (QED) is 0.554. The summed E-state index contributed by atoms with van der Waals surface area (Å²) in [5.74, 6) is 2.61. The molecule has 1 aliphatic heterocycles. The Morgan fingerprint density at radius 3 is 2.50 bits per heavy atom. The second-order valence-electron chi connectivity index (χ2n) is 7.25. The maximum atomic E-state index is 6.06. The van der Waals surface area contributed by atoms with Gasteiger partial charge in [0.2, 0.25) is 5.89 Å². The van der Waals surface area contributed by atoms with Gasteiger partial charge in [-0.25, -0.2) is 4.98 Å². The van der Waals surface area contributed by atoms with E-state index in [1.807, 2.05) is 30.7 Å². The Bertz CT molecular complexity index is 903. The van der Waals surface area contributed by atoms with Crippen LogP contribution in [0.5, 0.6) is 5.75 Å². The Labute approximate surface area is 169 Å². The second-order valence-corrected chi connectivity index (χ2v) is 8.08. The van der Waals surface area contributed by atoms with Crippen LogP contribution in [0.4, 0.5) is 0 Å². The van der Waals surface area contributed by atoms with Crippen molar-refractivity contribution in [2.45, 2.75) is 37.4 Å². The highest BCUT2D eigenvalue weighted by atomic mass is 32.2. The summed E-state index contributed by atoms with van der Waals surface area (Å²) < 4.78 is 11.4. The molecule has 4 rings (SSSR count). The van der Waals surface area contributed by atoms with Crippen molar-refractivity contribution in [3.05, 3.63) is 54.3 Å². The number of hydrogen-bond donors (Lipinski definition) is 0. The zero-order valence-electron chi connectivity index (χ0n) is 16.3. The van der Waals surface area contributed by atoms with Gasteiger partial charge in [-0.2, -0.15) is 4.98 Å². The van der Waals surface area contributed by atoms with Crippen molar-refractivity contribution in [1.29, 1.82) is 0 Å². The molecule has 0 aliphatic carbocycles.